The minimum Gasteiger partial charge on any atom is -0.462 e. The Morgan fingerprint density at radius 3 is 0.765 bits per heavy atom. The molecule has 0 spiro atoms. The minimum atomic E-state index is -0.770. The van der Waals surface area contributed by atoms with Gasteiger partial charge in [-0.15, -0.1) is 0 Å². The van der Waals surface area contributed by atoms with E-state index in [4.69, 9.17) is 14.2 Å². The molecule has 6 heteroatoms. The molecule has 0 aliphatic carbocycles. The topological polar surface area (TPSA) is 78.9 Å². The van der Waals surface area contributed by atoms with E-state index in [9.17, 15) is 14.4 Å². The van der Waals surface area contributed by atoms with Gasteiger partial charge in [-0.05, 0) is 83.5 Å². The van der Waals surface area contributed by atoms with Crippen LogP contribution in [-0.4, -0.2) is 37.2 Å². The highest BCUT2D eigenvalue weighted by Crippen LogP contribution is 2.18. The fourth-order valence-corrected chi connectivity index (χ4v) is 10.7. The van der Waals surface area contributed by atoms with E-state index in [1.807, 2.05) is 0 Å². The third-order valence-electron chi connectivity index (χ3n) is 16.0. The van der Waals surface area contributed by atoms with E-state index in [1.165, 1.54) is 257 Å². The molecular weight excluding hydrogens is 997 g/mol. The van der Waals surface area contributed by atoms with Gasteiger partial charge >= 0.3 is 17.9 Å². The van der Waals surface area contributed by atoms with Crippen molar-refractivity contribution in [2.75, 3.05) is 13.2 Å². The van der Waals surface area contributed by atoms with E-state index in [-0.39, 0.29) is 31.1 Å². The molecule has 0 aliphatic heterocycles. The summed E-state index contributed by atoms with van der Waals surface area (Å²) in [7, 11) is 0. The van der Waals surface area contributed by atoms with Crippen molar-refractivity contribution in [2.45, 2.75) is 386 Å². The lowest BCUT2D eigenvalue weighted by atomic mass is 10.0. The maximum Gasteiger partial charge on any atom is 0.306 e. The summed E-state index contributed by atoms with van der Waals surface area (Å²) < 4.78 is 16.9. The normalized spacial score (nSPS) is 12.4. The summed E-state index contributed by atoms with van der Waals surface area (Å²) in [5.41, 5.74) is 0. The zero-order valence-corrected chi connectivity index (χ0v) is 54.3. The van der Waals surface area contributed by atoms with Gasteiger partial charge < -0.3 is 14.2 Å². The molecule has 0 saturated heterocycles. The largest absolute Gasteiger partial charge is 0.462 e. The SMILES string of the molecule is CC/C=C\C/C=C\C/C=C\C/C=C\CCCCCCCCCCCCCCCCCCC(=O)OCC(COC(=O)CCCCCCCCC)OC(=O)CCCCCCCCCCCCCCCCC/C=C\CCCCCCCCCC. The van der Waals surface area contributed by atoms with Gasteiger partial charge in [0.1, 0.15) is 13.2 Å². The molecule has 0 amide bonds. The summed E-state index contributed by atoms with van der Waals surface area (Å²) in [5, 5.41) is 0. The lowest BCUT2D eigenvalue weighted by molar-refractivity contribution is -0.167. The predicted molar refractivity (Wildman–Crippen MR) is 353 cm³/mol. The van der Waals surface area contributed by atoms with Crippen LogP contribution in [0.4, 0.5) is 0 Å². The molecule has 0 heterocycles. The van der Waals surface area contributed by atoms with E-state index < -0.39 is 6.10 Å². The standard InChI is InChI=1S/C75H136O6/c1-4-7-10-13-16-18-20-22-24-26-28-30-32-34-36-37-39-40-42-44-46-48-50-52-54-56-59-62-65-68-74(77)80-71-72(70-79-73(76)67-64-61-58-15-12-9-6-3)81-75(78)69-66-63-60-57-55-53-51-49-47-45-43-41-38-35-33-31-29-27-25-23-21-19-17-14-11-8-5-2/h7,10,16,18,22,24,27-30,72H,4-6,8-9,11-15,17,19-21,23,25-26,31-71H2,1-3H3/b10-7-,18-16-,24-22-,29-27-,30-28-. The maximum atomic E-state index is 12.9. The molecule has 81 heavy (non-hydrogen) atoms. The molecule has 0 aromatic heterocycles. The fourth-order valence-electron chi connectivity index (χ4n) is 10.7. The van der Waals surface area contributed by atoms with Crippen LogP contribution < -0.4 is 0 Å². The van der Waals surface area contributed by atoms with Crippen molar-refractivity contribution in [3.05, 3.63) is 60.8 Å². The smallest absolute Gasteiger partial charge is 0.306 e. The molecule has 0 fully saturated rings. The molecule has 0 N–H and O–H groups in total. The van der Waals surface area contributed by atoms with Gasteiger partial charge in [-0.25, -0.2) is 0 Å². The Morgan fingerprint density at radius 2 is 0.481 bits per heavy atom. The zero-order valence-electron chi connectivity index (χ0n) is 54.3. The van der Waals surface area contributed by atoms with E-state index in [0.29, 0.717) is 19.3 Å². The average molecular weight is 1130 g/mol. The summed E-state index contributed by atoms with van der Waals surface area (Å²) in [6.07, 6.45) is 90.0. The van der Waals surface area contributed by atoms with E-state index >= 15 is 0 Å². The Bertz CT molecular complexity index is 1440. The quantitative estimate of drug-likeness (QED) is 0.0261. The molecule has 0 radical (unpaired) electrons. The molecule has 1 atom stereocenters. The second-order valence-corrected chi connectivity index (χ2v) is 24.1. The highest BCUT2D eigenvalue weighted by Gasteiger charge is 2.19. The van der Waals surface area contributed by atoms with Gasteiger partial charge in [0.15, 0.2) is 6.10 Å². The molecule has 0 aromatic rings. The van der Waals surface area contributed by atoms with E-state index in [0.717, 1.165) is 83.5 Å². The van der Waals surface area contributed by atoms with Crippen molar-refractivity contribution in [3.63, 3.8) is 0 Å². The first-order chi connectivity index (χ1) is 40.0. The van der Waals surface area contributed by atoms with Crippen LogP contribution >= 0.6 is 0 Å². The number of hydrogen-bond acceptors (Lipinski definition) is 6. The minimum absolute atomic E-state index is 0.0689. The molecule has 0 bridgehead atoms. The maximum absolute atomic E-state index is 12.9. The van der Waals surface area contributed by atoms with Gasteiger partial charge in [0, 0.05) is 19.3 Å². The van der Waals surface area contributed by atoms with Crippen molar-refractivity contribution >= 4 is 17.9 Å². The first kappa shape index (κ1) is 78.1. The van der Waals surface area contributed by atoms with Crippen LogP contribution in [0, 0.1) is 0 Å². The molecular formula is C75H136O6. The number of esters is 3. The number of carbonyl (C=O) groups is 3. The van der Waals surface area contributed by atoms with Crippen LogP contribution in [-0.2, 0) is 28.6 Å². The van der Waals surface area contributed by atoms with Gasteiger partial charge in [-0.3, -0.25) is 14.4 Å². The van der Waals surface area contributed by atoms with Crippen LogP contribution in [0.3, 0.4) is 0 Å². The summed E-state index contributed by atoms with van der Waals surface area (Å²) >= 11 is 0. The monoisotopic (exact) mass is 1130 g/mol. The number of hydrogen-bond donors (Lipinski definition) is 0. The molecule has 0 aliphatic rings. The van der Waals surface area contributed by atoms with Crippen LogP contribution in [0.2, 0.25) is 0 Å². The van der Waals surface area contributed by atoms with Gasteiger partial charge in [0.25, 0.3) is 0 Å². The Hall–Kier alpha value is -2.89. The Balaban J connectivity index is 4.02. The number of allylic oxidation sites excluding steroid dienone is 10. The Kier molecular flexibility index (Phi) is 67.1. The van der Waals surface area contributed by atoms with Crippen molar-refractivity contribution in [1.29, 1.82) is 0 Å². The molecule has 6 nitrogen and oxygen atoms in total. The average Bonchev–Trinajstić information content (AvgIpc) is 3.47. The number of ether oxygens (including phenoxy) is 3. The Labute approximate surface area is 504 Å². The molecule has 0 saturated carbocycles. The summed E-state index contributed by atoms with van der Waals surface area (Å²) in [5.74, 6) is -0.852. The van der Waals surface area contributed by atoms with Crippen LogP contribution in [0.5, 0.6) is 0 Å². The van der Waals surface area contributed by atoms with Crippen molar-refractivity contribution < 1.29 is 28.6 Å². The summed E-state index contributed by atoms with van der Waals surface area (Å²) in [6.45, 7) is 6.54. The number of unbranched alkanes of at least 4 members (excludes halogenated alkanes) is 45. The van der Waals surface area contributed by atoms with Crippen LogP contribution in [0.15, 0.2) is 60.8 Å². The van der Waals surface area contributed by atoms with Gasteiger partial charge in [-0.1, -0.05) is 338 Å². The summed E-state index contributed by atoms with van der Waals surface area (Å²) in [6, 6.07) is 0. The first-order valence-corrected chi connectivity index (χ1v) is 35.8. The molecule has 0 aromatic carbocycles. The van der Waals surface area contributed by atoms with Gasteiger partial charge in [0.05, 0.1) is 0 Å². The van der Waals surface area contributed by atoms with E-state index in [1.54, 1.807) is 0 Å². The lowest BCUT2D eigenvalue weighted by Gasteiger charge is -2.18. The summed E-state index contributed by atoms with van der Waals surface area (Å²) in [4.78, 5) is 38.2. The third kappa shape index (κ3) is 67.8. The van der Waals surface area contributed by atoms with Crippen molar-refractivity contribution in [1.82, 2.24) is 0 Å². The second kappa shape index (κ2) is 69.6. The predicted octanol–water partition coefficient (Wildman–Crippen LogP) is 24.7. The van der Waals surface area contributed by atoms with Gasteiger partial charge in [0.2, 0.25) is 0 Å². The number of rotatable bonds is 66. The Morgan fingerprint density at radius 1 is 0.259 bits per heavy atom. The first-order valence-electron chi connectivity index (χ1n) is 35.8. The van der Waals surface area contributed by atoms with Gasteiger partial charge in [-0.2, -0.15) is 0 Å². The third-order valence-corrected chi connectivity index (χ3v) is 16.0. The lowest BCUT2D eigenvalue weighted by Crippen LogP contribution is -2.30. The fraction of sp³-hybridized carbons (Fsp3) is 0.827. The second-order valence-electron chi connectivity index (χ2n) is 24.1. The van der Waals surface area contributed by atoms with Crippen molar-refractivity contribution in [2.24, 2.45) is 0 Å². The van der Waals surface area contributed by atoms with Crippen molar-refractivity contribution in [3.8, 4) is 0 Å². The van der Waals surface area contributed by atoms with Crippen LogP contribution in [0.25, 0.3) is 0 Å². The molecule has 1 unspecified atom stereocenters. The number of carbonyl (C=O) groups excluding carboxylic acids is 3. The van der Waals surface area contributed by atoms with Crippen LogP contribution in [0.1, 0.15) is 380 Å². The highest BCUT2D eigenvalue weighted by atomic mass is 16.6. The molecule has 0 rings (SSSR count). The zero-order chi connectivity index (χ0) is 58.5. The highest BCUT2D eigenvalue weighted by molar-refractivity contribution is 5.71. The molecule has 472 valence electrons. The van der Waals surface area contributed by atoms with E-state index in [2.05, 4.69) is 81.5 Å².